The first-order valence-electron chi connectivity index (χ1n) is 6.89. The molecule has 6 heteroatoms. The van der Waals surface area contributed by atoms with Crippen LogP contribution in [0.5, 0.6) is 0 Å². The van der Waals surface area contributed by atoms with Gasteiger partial charge in [-0.3, -0.25) is 4.90 Å². The van der Waals surface area contributed by atoms with Crippen molar-refractivity contribution in [1.82, 2.24) is 19.6 Å². The lowest BCUT2D eigenvalue weighted by molar-refractivity contribution is 0.0718. The molecule has 0 saturated carbocycles. The van der Waals surface area contributed by atoms with E-state index in [1.54, 1.807) is 21.7 Å². The number of urea groups is 2. The van der Waals surface area contributed by atoms with Crippen molar-refractivity contribution in [3.05, 3.63) is 0 Å². The van der Waals surface area contributed by atoms with Crippen molar-refractivity contribution in [2.24, 2.45) is 0 Å². The molecule has 0 aromatic heterocycles. The largest absolute Gasteiger partial charge is 0.323 e. The molecule has 6 nitrogen and oxygen atoms in total. The first-order valence-corrected chi connectivity index (χ1v) is 6.89. The fraction of sp³-hybridized carbons (Fsp3) is 0.846. The van der Waals surface area contributed by atoms with Crippen molar-refractivity contribution in [2.75, 3.05) is 20.1 Å². The summed E-state index contributed by atoms with van der Waals surface area (Å²) >= 11 is 0. The number of fused-ring (bicyclic) bond motifs is 1. The Morgan fingerprint density at radius 2 is 1.42 bits per heavy atom. The Balaban J connectivity index is 2.47. The molecular formula is C13H24N4O2. The molecule has 2 atom stereocenters. The first kappa shape index (κ1) is 14.0. The van der Waals surface area contributed by atoms with Crippen LogP contribution in [0.3, 0.4) is 0 Å². The van der Waals surface area contributed by atoms with E-state index in [0.717, 1.165) is 0 Å². The van der Waals surface area contributed by atoms with Gasteiger partial charge in [0.2, 0.25) is 0 Å². The average Bonchev–Trinajstić information content (AvgIpc) is 2.71. The summed E-state index contributed by atoms with van der Waals surface area (Å²) in [6.07, 6.45) is -0.362. The number of carbonyl (C=O) groups excluding carboxylic acids is 2. The molecule has 2 rings (SSSR count). The zero-order valence-corrected chi connectivity index (χ0v) is 12.7. The van der Waals surface area contributed by atoms with Crippen LogP contribution in [0.25, 0.3) is 0 Å². The molecule has 0 radical (unpaired) electrons. The van der Waals surface area contributed by atoms with E-state index in [1.807, 2.05) is 39.5 Å². The maximum absolute atomic E-state index is 12.5. The molecule has 0 bridgehead atoms. The SMILES string of the molecule is CCN1C(=O)N(CC)[C@@H]2[C@H]1N(C)C(=O)N2C(C)(C)C. The van der Waals surface area contributed by atoms with E-state index in [9.17, 15) is 9.59 Å². The van der Waals surface area contributed by atoms with E-state index in [4.69, 9.17) is 0 Å². The van der Waals surface area contributed by atoms with Gasteiger partial charge >= 0.3 is 12.1 Å². The van der Waals surface area contributed by atoms with E-state index >= 15 is 0 Å². The van der Waals surface area contributed by atoms with Crippen LogP contribution in [0.4, 0.5) is 9.59 Å². The molecule has 2 fully saturated rings. The van der Waals surface area contributed by atoms with E-state index in [0.29, 0.717) is 13.1 Å². The van der Waals surface area contributed by atoms with Gasteiger partial charge in [-0.2, -0.15) is 0 Å². The number of hydrogen-bond acceptors (Lipinski definition) is 2. The number of rotatable bonds is 2. The van der Waals surface area contributed by atoms with Crippen molar-refractivity contribution < 1.29 is 9.59 Å². The van der Waals surface area contributed by atoms with Gasteiger partial charge < -0.3 is 14.7 Å². The predicted molar refractivity (Wildman–Crippen MR) is 72.5 cm³/mol. The molecule has 0 aromatic carbocycles. The number of likely N-dealkylation sites (N-methyl/N-ethyl adjacent to an activating group) is 3. The van der Waals surface area contributed by atoms with Gasteiger partial charge in [0.1, 0.15) is 12.3 Å². The minimum Gasteiger partial charge on any atom is -0.303 e. The summed E-state index contributed by atoms with van der Waals surface area (Å²) in [6, 6.07) is 0.0144. The zero-order chi connectivity index (χ0) is 14.5. The third kappa shape index (κ3) is 1.76. The van der Waals surface area contributed by atoms with Crippen molar-refractivity contribution in [1.29, 1.82) is 0 Å². The van der Waals surface area contributed by atoms with Crippen LogP contribution in [-0.4, -0.2) is 69.7 Å². The summed E-state index contributed by atoms with van der Waals surface area (Å²) in [6.45, 7) is 11.2. The van der Waals surface area contributed by atoms with Gasteiger partial charge in [0.25, 0.3) is 0 Å². The maximum atomic E-state index is 12.5. The highest BCUT2D eigenvalue weighted by Gasteiger charge is 2.59. The highest BCUT2D eigenvalue weighted by Crippen LogP contribution is 2.37. The molecule has 4 amide bonds. The second kappa shape index (κ2) is 4.28. The van der Waals surface area contributed by atoms with E-state index in [-0.39, 0.29) is 29.9 Å². The van der Waals surface area contributed by atoms with Gasteiger partial charge in [0.05, 0.1) is 0 Å². The quantitative estimate of drug-likeness (QED) is 0.763. The lowest BCUT2D eigenvalue weighted by Crippen LogP contribution is -2.54. The summed E-state index contributed by atoms with van der Waals surface area (Å²) in [5.74, 6) is 0. The Morgan fingerprint density at radius 3 is 1.84 bits per heavy atom. The highest BCUT2D eigenvalue weighted by molar-refractivity contribution is 5.85. The molecule has 108 valence electrons. The van der Waals surface area contributed by atoms with Gasteiger partial charge in [0.15, 0.2) is 0 Å². The Kier molecular flexibility index (Phi) is 3.15. The maximum Gasteiger partial charge on any atom is 0.323 e. The molecular weight excluding hydrogens is 244 g/mol. The minimum atomic E-state index is -0.303. The number of amides is 4. The van der Waals surface area contributed by atoms with Crippen LogP contribution < -0.4 is 0 Å². The summed E-state index contributed by atoms with van der Waals surface area (Å²) in [7, 11) is 1.78. The zero-order valence-electron chi connectivity index (χ0n) is 12.7. The standard InChI is InChI=1S/C13H24N4O2/c1-7-15-9-10(16(8-2)12(15)19)17(13(3,4)5)11(18)14(9)6/h9-10H,7-8H2,1-6H3/t9-,10-/m0/s1. The third-order valence-electron chi connectivity index (χ3n) is 3.97. The normalized spacial score (nSPS) is 27.7. The second-order valence-electron chi connectivity index (χ2n) is 6.12. The second-order valence-corrected chi connectivity index (χ2v) is 6.12. The Bertz CT molecular complexity index is 404. The highest BCUT2D eigenvalue weighted by atomic mass is 16.2. The number of hydrogen-bond donors (Lipinski definition) is 0. The van der Waals surface area contributed by atoms with Crippen molar-refractivity contribution >= 4 is 12.1 Å². The molecule has 2 saturated heterocycles. The van der Waals surface area contributed by atoms with Crippen LogP contribution >= 0.6 is 0 Å². The lowest BCUT2D eigenvalue weighted by atomic mass is 10.1. The van der Waals surface area contributed by atoms with E-state index < -0.39 is 0 Å². The van der Waals surface area contributed by atoms with Crippen molar-refractivity contribution in [3.8, 4) is 0 Å². The molecule has 0 aliphatic carbocycles. The topological polar surface area (TPSA) is 47.1 Å². The van der Waals surface area contributed by atoms with Crippen LogP contribution in [0.2, 0.25) is 0 Å². The smallest absolute Gasteiger partial charge is 0.303 e. The van der Waals surface area contributed by atoms with Gasteiger partial charge in [-0.25, -0.2) is 9.59 Å². The molecule has 19 heavy (non-hydrogen) atoms. The molecule has 2 aliphatic rings. The Hall–Kier alpha value is -1.46. The molecule has 0 unspecified atom stereocenters. The van der Waals surface area contributed by atoms with Gasteiger partial charge in [-0.15, -0.1) is 0 Å². The Morgan fingerprint density at radius 1 is 0.947 bits per heavy atom. The van der Waals surface area contributed by atoms with Gasteiger partial charge in [0, 0.05) is 25.7 Å². The molecule has 0 aromatic rings. The number of nitrogens with zero attached hydrogens (tertiary/aromatic N) is 4. The van der Waals surface area contributed by atoms with Crippen LogP contribution in [0, 0.1) is 0 Å². The van der Waals surface area contributed by atoms with Crippen LogP contribution in [-0.2, 0) is 0 Å². The lowest BCUT2D eigenvalue weighted by Gasteiger charge is -2.38. The third-order valence-corrected chi connectivity index (χ3v) is 3.97. The molecule has 0 spiro atoms. The molecule has 0 N–H and O–H groups in total. The Labute approximate surface area is 114 Å². The fourth-order valence-electron chi connectivity index (χ4n) is 3.12. The number of carbonyl (C=O) groups is 2. The van der Waals surface area contributed by atoms with Gasteiger partial charge in [-0.1, -0.05) is 0 Å². The van der Waals surface area contributed by atoms with E-state index in [2.05, 4.69) is 0 Å². The van der Waals surface area contributed by atoms with Crippen molar-refractivity contribution in [2.45, 2.75) is 52.5 Å². The summed E-state index contributed by atoms with van der Waals surface area (Å²) in [5, 5.41) is 0. The average molecular weight is 268 g/mol. The minimum absolute atomic E-state index is 0.00750. The van der Waals surface area contributed by atoms with E-state index in [1.165, 1.54) is 0 Å². The van der Waals surface area contributed by atoms with Crippen molar-refractivity contribution in [3.63, 3.8) is 0 Å². The first-order chi connectivity index (χ1) is 8.75. The van der Waals surface area contributed by atoms with Crippen LogP contribution in [0.1, 0.15) is 34.6 Å². The fourth-order valence-corrected chi connectivity index (χ4v) is 3.12. The monoisotopic (exact) mass is 268 g/mol. The predicted octanol–water partition coefficient (Wildman–Crippen LogP) is 1.58. The van der Waals surface area contributed by atoms with Gasteiger partial charge in [-0.05, 0) is 34.6 Å². The summed E-state index contributed by atoms with van der Waals surface area (Å²) < 4.78 is 0. The summed E-state index contributed by atoms with van der Waals surface area (Å²) in [5.41, 5.74) is -0.303. The summed E-state index contributed by atoms with van der Waals surface area (Å²) in [4.78, 5) is 32.0. The molecule has 2 aliphatic heterocycles. The van der Waals surface area contributed by atoms with Crippen LogP contribution in [0.15, 0.2) is 0 Å². The molecule has 2 heterocycles.